The van der Waals surface area contributed by atoms with Gasteiger partial charge in [0, 0.05) is 10.6 Å². The zero-order valence-corrected chi connectivity index (χ0v) is 16.9. The summed E-state index contributed by atoms with van der Waals surface area (Å²) in [4.78, 5) is 0. The van der Waals surface area contributed by atoms with Crippen molar-refractivity contribution in [1.82, 2.24) is 0 Å². The maximum absolute atomic E-state index is 14.5. The number of halogens is 4. The fraction of sp³-hybridized carbons (Fsp3) is 0.619. The monoisotopic (exact) mass is 372 g/mol. The second-order valence-corrected chi connectivity index (χ2v) is 9.33. The Bertz CT molecular complexity index is 683. The molecule has 0 amide bonds. The van der Waals surface area contributed by atoms with Crippen molar-refractivity contribution in [3.63, 3.8) is 0 Å². The van der Waals surface area contributed by atoms with E-state index in [0.717, 1.165) is 5.03 Å². The first-order valence-corrected chi connectivity index (χ1v) is 9.16. The number of hydrogen-bond acceptors (Lipinski definition) is 0. The van der Waals surface area contributed by atoms with Crippen LogP contribution in [0.5, 0.6) is 0 Å². The zero-order valence-electron chi connectivity index (χ0n) is 16.2. The van der Waals surface area contributed by atoms with Crippen LogP contribution >= 0.6 is 11.6 Å². The summed E-state index contributed by atoms with van der Waals surface area (Å²) in [5.41, 5.74) is 0.0741. The molecular weight excluding hydrogens is 345 g/mol. The largest absolute Gasteiger partial charge is 0.206 e. The molecule has 140 valence electrons. The molecule has 1 aromatic carbocycles. The molecule has 2 atom stereocenters. The third-order valence-corrected chi connectivity index (χ3v) is 6.25. The molecule has 25 heavy (non-hydrogen) atoms. The highest BCUT2D eigenvalue weighted by atomic mass is 35.5. The van der Waals surface area contributed by atoms with E-state index in [1.165, 1.54) is 13.8 Å². The molecule has 0 bridgehead atoms. The molecule has 4 heteroatoms. The van der Waals surface area contributed by atoms with Crippen LogP contribution in [0.2, 0.25) is 0 Å². The van der Waals surface area contributed by atoms with Crippen LogP contribution < -0.4 is 0 Å². The molecule has 0 nitrogen and oxygen atoms in total. The van der Waals surface area contributed by atoms with E-state index in [1.807, 2.05) is 6.92 Å². The predicted molar refractivity (Wildman–Crippen MR) is 98.3 cm³/mol. The molecule has 0 heterocycles. The van der Waals surface area contributed by atoms with Crippen molar-refractivity contribution in [3.05, 3.63) is 45.3 Å². The van der Waals surface area contributed by atoms with Gasteiger partial charge in [-0.05, 0) is 67.4 Å². The molecule has 0 aromatic heterocycles. The summed E-state index contributed by atoms with van der Waals surface area (Å²) in [7, 11) is 0. The lowest BCUT2D eigenvalue weighted by atomic mass is 9.78. The van der Waals surface area contributed by atoms with Gasteiger partial charge < -0.3 is 0 Å². The van der Waals surface area contributed by atoms with E-state index in [9.17, 15) is 13.2 Å². The molecule has 0 saturated heterocycles. The molecule has 1 aromatic rings. The van der Waals surface area contributed by atoms with Gasteiger partial charge in [-0.3, -0.25) is 0 Å². The topological polar surface area (TPSA) is 0 Å². The molecule has 0 N–H and O–H groups in total. The third-order valence-electron chi connectivity index (χ3n) is 6.12. The minimum Gasteiger partial charge on any atom is -0.206 e. The van der Waals surface area contributed by atoms with E-state index < -0.39 is 17.5 Å². The highest BCUT2D eigenvalue weighted by molar-refractivity contribution is 6.29. The minimum atomic E-state index is -1.04. The van der Waals surface area contributed by atoms with Crippen molar-refractivity contribution in [1.29, 1.82) is 0 Å². The lowest BCUT2D eigenvalue weighted by molar-refractivity contribution is 0.242. The fourth-order valence-electron chi connectivity index (χ4n) is 4.50. The van der Waals surface area contributed by atoms with Crippen molar-refractivity contribution in [2.75, 3.05) is 0 Å². The first-order valence-electron chi connectivity index (χ1n) is 8.78. The van der Waals surface area contributed by atoms with Gasteiger partial charge >= 0.3 is 0 Å². The second kappa shape index (κ2) is 6.64. The number of rotatable bonds is 5. The molecule has 2 unspecified atom stereocenters. The van der Waals surface area contributed by atoms with Gasteiger partial charge in [0.05, 0.1) is 0 Å². The Morgan fingerprint density at radius 2 is 1.60 bits per heavy atom. The lowest BCUT2D eigenvalue weighted by Gasteiger charge is -2.27. The summed E-state index contributed by atoms with van der Waals surface area (Å²) in [5.74, 6) is -1.87. The Kier molecular flexibility index (Phi) is 5.41. The quantitative estimate of drug-likeness (QED) is 0.484. The molecule has 1 fully saturated rings. The van der Waals surface area contributed by atoms with Crippen molar-refractivity contribution in [2.45, 2.75) is 61.3 Å². The lowest BCUT2D eigenvalue weighted by Crippen LogP contribution is -2.20. The maximum atomic E-state index is 14.5. The summed E-state index contributed by atoms with van der Waals surface area (Å²) in [6.45, 7) is 13.4. The molecule has 1 aliphatic carbocycles. The van der Waals surface area contributed by atoms with E-state index in [2.05, 4.69) is 33.8 Å². The molecule has 0 aliphatic heterocycles. The zero-order chi connectivity index (χ0) is 19.3. The Labute approximate surface area is 154 Å². The summed E-state index contributed by atoms with van der Waals surface area (Å²) >= 11 is 6.04. The SMILES string of the molecule is C/C(Cl)=C/C1C(C(C)(C)CCc2c(F)c(C)c(C)c(F)c2F)C1(C)C. The Morgan fingerprint density at radius 3 is 2.12 bits per heavy atom. The van der Waals surface area contributed by atoms with Crippen LogP contribution in [0.1, 0.15) is 57.7 Å². The van der Waals surface area contributed by atoms with Gasteiger partial charge in [-0.15, -0.1) is 0 Å². The van der Waals surface area contributed by atoms with Gasteiger partial charge in [0.2, 0.25) is 0 Å². The van der Waals surface area contributed by atoms with Crippen LogP contribution in [-0.2, 0) is 6.42 Å². The number of benzene rings is 1. The van der Waals surface area contributed by atoms with Crippen LogP contribution in [0, 0.1) is 54.0 Å². The van der Waals surface area contributed by atoms with E-state index in [4.69, 9.17) is 11.6 Å². The second-order valence-electron chi connectivity index (χ2n) is 8.74. The van der Waals surface area contributed by atoms with Gasteiger partial charge in [0.1, 0.15) is 5.82 Å². The molecule has 2 rings (SSSR count). The van der Waals surface area contributed by atoms with E-state index in [1.54, 1.807) is 0 Å². The minimum absolute atomic E-state index is 0.0455. The highest BCUT2D eigenvalue weighted by Crippen LogP contribution is 2.67. The highest BCUT2D eigenvalue weighted by Gasteiger charge is 2.61. The van der Waals surface area contributed by atoms with Crippen LogP contribution in [-0.4, -0.2) is 0 Å². The average molecular weight is 373 g/mol. The third kappa shape index (κ3) is 3.63. The summed E-state index contributed by atoms with van der Waals surface area (Å²) in [6, 6.07) is 0. The summed E-state index contributed by atoms with van der Waals surface area (Å²) in [6.07, 6.45) is 2.85. The smallest absolute Gasteiger partial charge is 0.165 e. The van der Waals surface area contributed by atoms with Crippen molar-refractivity contribution in [2.24, 2.45) is 22.7 Å². The fourth-order valence-corrected chi connectivity index (χ4v) is 4.64. The maximum Gasteiger partial charge on any atom is 0.165 e. The van der Waals surface area contributed by atoms with Crippen LogP contribution in [0.15, 0.2) is 11.1 Å². The molecule has 1 saturated carbocycles. The molecule has 0 spiro atoms. The average Bonchev–Trinajstić information content (AvgIpc) is 3.04. The van der Waals surface area contributed by atoms with E-state index >= 15 is 0 Å². The van der Waals surface area contributed by atoms with Crippen LogP contribution in [0.4, 0.5) is 13.2 Å². The number of allylic oxidation sites excluding steroid dienone is 2. The Hall–Kier alpha value is -0.960. The van der Waals surface area contributed by atoms with Crippen molar-refractivity contribution < 1.29 is 13.2 Å². The summed E-state index contributed by atoms with van der Waals surface area (Å²) in [5, 5.41) is 0.768. The van der Waals surface area contributed by atoms with Gasteiger partial charge in [-0.1, -0.05) is 45.4 Å². The van der Waals surface area contributed by atoms with Gasteiger partial charge in [0.25, 0.3) is 0 Å². The predicted octanol–water partition coefficient (Wildman–Crippen LogP) is 7.09. The molecular formula is C21H28ClF3. The van der Waals surface area contributed by atoms with E-state index in [0.29, 0.717) is 18.3 Å². The van der Waals surface area contributed by atoms with Gasteiger partial charge in [0.15, 0.2) is 11.6 Å². The van der Waals surface area contributed by atoms with Crippen molar-refractivity contribution in [3.8, 4) is 0 Å². The standard InChI is InChI=1S/C21H28ClF3/c1-11(22)10-15-19(21(15,6)7)20(4,5)9-8-14-16(23)12(2)13(3)17(24)18(14)25/h10,15,19H,8-9H2,1-7H3/b11-10-. The normalized spacial score (nSPS) is 23.1. The van der Waals surface area contributed by atoms with Gasteiger partial charge in [-0.2, -0.15) is 0 Å². The molecule has 1 aliphatic rings. The molecule has 0 radical (unpaired) electrons. The first-order chi connectivity index (χ1) is 11.3. The first kappa shape index (κ1) is 20.4. The summed E-state index contributed by atoms with van der Waals surface area (Å²) < 4.78 is 42.7. The van der Waals surface area contributed by atoms with E-state index in [-0.39, 0.29) is 33.9 Å². The Morgan fingerprint density at radius 1 is 1.08 bits per heavy atom. The number of hydrogen-bond donors (Lipinski definition) is 0. The van der Waals surface area contributed by atoms with Gasteiger partial charge in [-0.25, -0.2) is 13.2 Å². The Balaban J connectivity index is 2.23. The van der Waals surface area contributed by atoms with Crippen LogP contribution in [0.3, 0.4) is 0 Å². The van der Waals surface area contributed by atoms with Crippen LogP contribution in [0.25, 0.3) is 0 Å². The van der Waals surface area contributed by atoms with Crippen molar-refractivity contribution >= 4 is 11.6 Å².